The van der Waals surface area contributed by atoms with E-state index in [9.17, 15) is 9.59 Å². The Morgan fingerprint density at radius 3 is 2.32 bits per heavy atom. The van der Waals surface area contributed by atoms with Crippen LogP contribution in [0.4, 0.5) is 5.69 Å². The maximum atomic E-state index is 12.4. The van der Waals surface area contributed by atoms with E-state index in [1.165, 1.54) is 5.56 Å². The van der Waals surface area contributed by atoms with Gasteiger partial charge in [0.1, 0.15) is 0 Å². The highest BCUT2D eigenvalue weighted by Crippen LogP contribution is 2.22. The summed E-state index contributed by atoms with van der Waals surface area (Å²) in [6, 6.07) is 15.4. The summed E-state index contributed by atoms with van der Waals surface area (Å²) in [6.07, 6.45) is 1.01. The molecule has 2 aromatic rings. The van der Waals surface area contributed by atoms with Crippen LogP contribution in [-0.4, -0.2) is 32.1 Å². The van der Waals surface area contributed by atoms with E-state index >= 15 is 0 Å². The molecule has 0 saturated heterocycles. The molecule has 0 fully saturated rings. The average molecular weight is 383 g/mol. The lowest BCUT2D eigenvalue weighted by Crippen LogP contribution is -2.28. The third-order valence-electron chi connectivity index (χ3n) is 4.50. The van der Waals surface area contributed by atoms with Gasteiger partial charge in [-0.25, -0.2) is 0 Å². The van der Waals surface area contributed by atoms with E-state index < -0.39 is 0 Å². The Hall–Kier alpha value is -2.66. The highest BCUT2D eigenvalue weighted by Gasteiger charge is 2.14. The molecule has 0 bridgehead atoms. The van der Waals surface area contributed by atoms with Gasteiger partial charge in [-0.15, -0.1) is 0 Å². The van der Waals surface area contributed by atoms with E-state index in [0.29, 0.717) is 37.2 Å². The van der Waals surface area contributed by atoms with Crippen LogP contribution in [0.3, 0.4) is 0 Å². The minimum absolute atomic E-state index is 0.114. The zero-order valence-corrected chi connectivity index (χ0v) is 17.2. The van der Waals surface area contributed by atoms with Gasteiger partial charge in [0, 0.05) is 20.1 Å². The third-order valence-corrected chi connectivity index (χ3v) is 4.50. The lowest BCUT2D eigenvalue weighted by Gasteiger charge is -2.19. The summed E-state index contributed by atoms with van der Waals surface area (Å²) < 4.78 is 4.94. The number of aryl methyl sites for hydroxylation is 1. The first-order valence-corrected chi connectivity index (χ1v) is 9.56. The second kappa shape index (κ2) is 10.0. The summed E-state index contributed by atoms with van der Waals surface area (Å²) in [6.45, 7) is 7.39. The van der Waals surface area contributed by atoms with Crippen LogP contribution in [0, 0.1) is 0 Å². The summed E-state index contributed by atoms with van der Waals surface area (Å²) in [5.74, 6) is -0.345. The van der Waals surface area contributed by atoms with Gasteiger partial charge in [-0.3, -0.25) is 9.59 Å². The lowest BCUT2D eigenvalue weighted by molar-refractivity contribution is -0.116. The molecule has 0 heterocycles. The number of hydrogen-bond donors (Lipinski definition) is 2. The van der Waals surface area contributed by atoms with Crippen molar-refractivity contribution in [2.75, 3.05) is 25.6 Å². The quantitative estimate of drug-likeness (QED) is 0.680. The summed E-state index contributed by atoms with van der Waals surface area (Å²) in [4.78, 5) is 24.7. The summed E-state index contributed by atoms with van der Waals surface area (Å²) in [7, 11) is 1.58. The molecule has 5 heteroatoms. The lowest BCUT2D eigenvalue weighted by atomic mass is 9.86. The van der Waals surface area contributed by atoms with Gasteiger partial charge in [0.05, 0.1) is 17.9 Å². The van der Waals surface area contributed by atoms with Crippen LogP contribution in [0.5, 0.6) is 0 Å². The molecule has 5 nitrogen and oxygen atoms in total. The number of anilines is 1. The van der Waals surface area contributed by atoms with Gasteiger partial charge in [0.15, 0.2) is 0 Å². The SMILES string of the molecule is COCCNC(=O)c1ccccc1NC(=O)CCc1ccc(C(C)(C)C)cc1. The van der Waals surface area contributed by atoms with Gasteiger partial charge < -0.3 is 15.4 Å². The highest BCUT2D eigenvalue weighted by molar-refractivity contribution is 6.03. The molecule has 0 aromatic heterocycles. The predicted octanol–water partition coefficient (Wildman–Crippen LogP) is 3.93. The molecule has 0 aliphatic rings. The topological polar surface area (TPSA) is 67.4 Å². The van der Waals surface area contributed by atoms with Crippen LogP contribution in [0.15, 0.2) is 48.5 Å². The minimum atomic E-state index is -0.231. The van der Waals surface area contributed by atoms with E-state index in [-0.39, 0.29) is 17.2 Å². The van der Waals surface area contributed by atoms with Crippen LogP contribution in [0.1, 0.15) is 48.7 Å². The molecule has 2 amide bonds. The van der Waals surface area contributed by atoms with Crippen molar-refractivity contribution in [2.45, 2.75) is 39.0 Å². The minimum Gasteiger partial charge on any atom is -0.383 e. The molecule has 0 aliphatic carbocycles. The number of methoxy groups -OCH3 is 1. The Kier molecular flexibility index (Phi) is 7.76. The van der Waals surface area contributed by atoms with Crippen molar-refractivity contribution in [2.24, 2.45) is 0 Å². The molecular formula is C23H30N2O3. The zero-order valence-electron chi connectivity index (χ0n) is 17.2. The van der Waals surface area contributed by atoms with Crippen molar-refractivity contribution < 1.29 is 14.3 Å². The van der Waals surface area contributed by atoms with Gasteiger partial charge in [0.2, 0.25) is 5.91 Å². The number of benzene rings is 2. The van der Waals surface area contributed by atoms with Crippen LogP contribution >= 0.6 is 0 Å². The molecule has 28 heavy (non-hydrogen) atoms. The van der Waals surface area contributed by atoms with Crippen molar-refractivity contribution in [1.29, 1.82) is 0 Å². The normalized spacial score (nSPS) is 11.1. The summed E-state index contributed by atoms with van der Waals surface area (Å²) >= 11 is 0. The van der Waals surface area contributed by atoms with Crippen LogP contribution in [0.25, 0.3) is 0 Å². The monoisotopic (exact) mass is 382 g/mol. The van der Waals surface area contributed by atoms with Gasteiger partial charge in [-0.2, -0.15) is 0 Å². The Balaban J connectivity index is 1.93. The Bertz CT molecular complexity index is 792. The molecular weight excluding hydrogens is 352 g/mol. The molecule has 150 valence electrons. The van der Waals surface area contributed by atoms with E-state index in [4.69, 9.17) is 4.74 Å². The first kappa shape index (κ1) is 21.6. The number of para-hydroxylation sites is 1. The molecule has 2 rings (SSSR count). The summed E-state index contributed by atoms with van der Waals surface area (Å²) in [5.41, 5.74) is 3.47. The average Bonchev–Trinajstić information content (AvgIpc) is 2.66. The Morgan fingerprint density at radius 1 is 1.00 bits per heavy atom. The maximum Gasteiger partial charge on any atom is 0.253 e. The zero-order chi connectivity index (χ0) is 20.6. The molecule has 2 N–H and O–H groups in total. The van der Waals surface area contributed by atoms with Crippen molar-refractivity contribution >= 4 is 17.5 Å². The highest BCUT2D eigenvalue weighted by atomic mass is 16.5. The smallest absolute Gasteiger partial charge is 0.253 e. The molecule has 0 spiro atoms. The molecule has 0 saturated carbocycles. The first-order chi connectivity index (χ1) is 13.3. The Morgan fingerprint density at radius 2 is 1.68 bits per heavy atom. The summed E-state index contributed by atoms with van der Waals surface area (Å²) in [5, 5.41) is 5.63. The standard InChI is InChI=1S/C23H30N2O3/c1-23(2,3)18-12-9-17(10-13-18)11-14-21(26)25-20-8-6-5-7-19(20)22(27)24-15-16-28-4/h5-10,12-13H,11,14-16H2,1-4H3,(H,24,27)(H,25,26). The first-order valence-electron chi connectivity index (χ1n) is 9.56. The fourth-order valence-corrected chi connectivity index (χ4v) is 2.79. The number of rotatable bonds is 8. The molecule has 0 aliphatic heterocycles. The third kappa shape index (κ3) is 6.50. The number of hydrogen-bond acceptors (Lipinski definition) is 3. The number of carbonyl (C=O) groups is 2. The Labute approximate surface area is 167 Å². The molecule has 0 atom stereocenters. The van der Waals surface area contributed by atoms with Crippen LogP contribution < -0.4 is 10.6 Å². The van der Waals surface area contributed by atoms with Gasteiger partial charge >= 0.3 is 0 Å². The second-order valence-corrected chi connectivity index (χ2v) is 7.79. The number of nitrogens with one attached hydrogen (secondary N) is 2. The van der Waals surface area contributed by atoms with E-state index in [0.717, 1.165) is 5.56 Å². The van der Waals surface area contributed by atoms with E-state index in [2.05, 4.69) is 55.7 Å². The molecule has 0 radical (unpaired) electrons. The van der Waals surface area contributed by atoms with Gasteiger partial charge in [-0.1, -0.05) is 57.2 Å². The fraction of sp³-hybridized carbons (Fsp3) is 0.391. The molecule has 0 unspecified atom stereocenters. The number of ether oxygens (including phenoxy) is 1. The van der Waals surface area contributed by atoms with Crippen molar-refractivity contribution in [3.8, 4) is 0 Å². The van der Waals surface area contributed by atoms with Crippen LogP contribution in [-0.2, 0) is 21.4 Å². The fourth-order valence-electron chi connectivity index (χ4n) is 2.79. The van der Waals surface area contributed by atoms with Crippen molar-refractivity contribution in [3.63, 3.8) is 0 Å². The van der Waals surface area contributed by atoms with E-state index in [1.807, 2.05) is 0 Å². The van der Waals surface area contributed by atoms with Crippen molar-refractivity contribution in [1.82, 2.24) is 5.32 Å². The largest absolute Gasteiger partial charge is 0.383 e. The van der Waals surface area contributed by atoms with Gasteiger partial charge in [0.25, 0.3) is 5.91 Å². The van der Waals surface area contributed by atoms with Crippen molar-refractivity contribution in [3.05, 3.63) is 65.2 Å². The maximum absolute atomic E-state index is 12.4. The molecule has 2 aromatic carbocycles. The van der Waals surface area contributed by atoms with E-state index in [1.54, 1.807) is 31.4 Å². The van der Waals surface area contributed by atoms with Crippen LogP contribution in [0.2, 0.25) is 0 Å². The van der Waals surface area contributed by atoms with Gasteiger partial charge in [-0.05, 0) is 35.1 Å². The second-order valence-electron chi connectivity index (χ2n) is 7.79. The number of carbonyl (C=O) groups excluding carboxylic acids is 2. The number of amides is 2. The predicted molar refractivity (Wildman–Crippen MR) is 113 cm³/mol.